The van der Waals surface area contributed by atoms with E-state index in [-0.39, 0.29) is 30.2 Å². The molecule has 40 heavy (non-hydrogen) atoms. The molecule has 1 aliphatic heterocycles. The molecule has 3 N–H and O–H groups in total. The maximum atomic E-state index is 14.0. The summed E-state index contributed by atoms with van der Waals surface area (Å²) in [6.07, 6.45) is 3.64. The predicted octanol–water partition coefficient (Wildman–Crippen LogP) is 3.12. The Kier molecular flexibility index (Phi) is 10.4. The number of piperidine rings is 1. The molecule has 5 atom stereocenters. The molecule has 224 valence electrons. The van der Waals surface area contributed by atoms with Crippen LogP contribution in [0.4, 0.5) is 4.79 Å². The van der Waals surface area contributed by atoms with Gasteiger partial charge in [-0.1, -0.05) is 46.8 Å². The van der Waals surface area contributed by atoms with Gasteiger partial charge in [0.1, 0.15) is 17.7 Å². The van der Waals surface area contributed by atoms with Crippen molar-refractivity contribution in [3.8, 4) is 0 Å². The van der Waals surface area contributed by atoms with E-state index in [1.165, 1.54) is 4.90 Å². The van der Waals surface area contributed by atoms with Gasteiger partial charge in [-0.15, -0.1) is 13.2 Å². The van der Waals surface area contributed by atoms with Crippen molar-refractivity contribution in [1.82, 2.24) is 20.9 Å². The van der Waals surface area contributed by atoms with Gasteiger partial charge in [-0.25, -0.2) is 4.79 Å². The highest BCUT2D eigenvalue weighted by Crippen LogP contribution is 2.65. The van der Waals surface area contributed by atoms with Crippen molar-refractivity contribution in [2.45, 2.75) is 98.4 Å². The fourth-order valence-electron chi connectivity index (χ4n) is 5.40. The molecule has 1 heterocycles. The average Bonchev–Trinajstić information content (AvgIpc) is 3.15. The first-order valence-corrected chi connectivity index (χ1v) is 14.0. The second kappa shape index (κ2) is 12.6. The summed E-state index contributed by atoms with van der Waals surface area (Å²) in [6.45, 7) is 22.7. The normalized spacial score (nSPS) is 22.7. The van der Waals surface area contributed by atoms with E-state index in [9.17, 15) is 24.0 Å². The zero-order chi connectivity index (χ0) is 30.6. The zero-order valence-electron chi connectivity index (χ0n) is 25.4. The number of amides is 4. The fourth-order valence-corrected chi connectivity index (χ4v) is 5.40. The van der Waals surface area contributed by atoms with Gasteiger partial charge in [0, 0.05) is 13.1 Å². The van der Waals surface area contributed by atoms with Crippen LogP contribution in [0.1, 0.15) is 74.7 Å². The van der Waals surface area contributed by atoms with Crippen molar-refractivity contribution in [2.75, 3.05) is 13.1 Å². The average molecular weight is 561 g/mol. The first-order chi connectivity index (χ1) is 18.4. The van der Waals surface area contributed by atoms with E-state index in [2.05, 4.69) is 43.0 Å². The lowest BCUT2D eigenvalue weighted by Crippen LogP contribution is -2.60. The molecule has 0 aromatic carbocycles. The highest BCUT2D eigenvalue weighted by atomic mass is 16.6. The summed E-state index contributed by atoms with van der Waals surface area (Å²) in [4.78, 5) is 67.4. The number of fused-ring (bicyclic) bond motifs is 1. The van der Waals surface area contributed by atoms with Crippen LogP contribution in [0.25, 0.3) is 0 Å². The molecule has 10 nitrogen and oxygen atoms in total. The molecule has 10 heteroatoms. The Labute approximate surface area is 238 Å². The van der Waals surface area contributed by atoms with Crippen LogP contribution in [0.3, 0.4) is 0 Å². The number of rotatable bonds is 12. The number of hydrogen-bond donors (Lipinski definition) is 3. The first kappa shape index (κ1) is 33.0. The second-order valence-corrected chi connectivity index (χ2v) is 13.5. The van der Waals surface area contributed by atoms with Crippen LogP contribution >= 0.6 is 0 Å². The Morgan fingerprint density at radius 2 is 1.60 bits per heavy atom. The van der Waals surface area contributed by atoms with Gasteiger partial charge in [0.05, 0.1) is 6.04 Å². The topological polar surface area (TPSA) is 134 Å². The minimum absolute atomic E-state index is 0.0962. The first-order valence-electron chi connectivity index (χ1n) is 14.0. The molecule has 1 saturated heterocycles. The lowest BCUT2D eigenvalue weighted by molar-refractivity contribution is -0.145. The van der Waals surface area contributed by atoms with Gasteiger partial charge in [0.15, 0.2) is 0 Å². The molecule has 0 radical (unpaired) electrons. The third-order valence-electron chi connectivity index (χ3n) is 7.68. The Balaban J connectivity index is 2.30. The number of allylic oxidation sites excluding steroid dienone is 1. The van der Waals surface area contributed by atoms with Gasteiger partial charge in [-0.2, -0.15) is 0 Å². The number of nitrogens with zero attached hydrogens (tertiary/aromatic N) is 1. The highest BCUT2D eigenvalue weighted by molar-refractivity contribution is 6.38. The van der Waals surface area contributed by atoms with Gasteiger partial charge < -0.3 is 25.6 Å². The summed E-state index contributed by atoms with van der Waals surface area (Å²) in [6, 6.07) is -2.86. The van der Waals surface area contributed by atoms with Crippen molar-refractivity contribution in [1.29, 1.82) is 0 Å². The number of ketones is 1. The molecule has 0 aromatic heterocycles. The SMILES string of the molecule is C=CCCNC(=O)C(=O)[C@@H](CCC=C)NC(=O)[C@@H]1C2C(CN1C(=O)[C@@H](NC(=O)OC(C)(C)C)C(C)(C)C)C2(C)C. The zero-order valence-corrected chi connectivity index (χ0v) is 25.4. The van der Waals surface area contributed by atoms with Crippen LogP contribution in [-0.2, 0) is 23.9 Å². The number of alkyl carbamates (subject to hydrolysis) is 1. The van der Waals surface area contributed by atoms with Crippen LogP contribution in [-0.4, -0.2) is 71.3 Å². The molecule has 2 rings (SSSR count). The number of likely N-dealkylation sites (tertiary alicyclic amines) is 1. The molecule has 2 unspecified atom stereocenters. The van der Waals surface area contributed by atoms with E-state index in [0.717, 1.165) is 0 Å². The molecule has 2 fully saturated rings. The van der Waals surface area contributed by atoms with E-state index in [4.69, 9.17) is 4.74 Å². The largest absolute Gasteiger partial charge is 0.444 e. The Morgan fingerprint density at radius 1 is 1.00 bits per heavy atom. The number of Topliss-reactive ketones (excluding diaryl/α,β-unsaturated/α-hetero) is 1. The van der Waals surface area contributed by atoms with E-state index in [0.29, 0.717) is 19.4 Å². The van der Waals surface area contributed by atoms with Crippen LogP contribution in [0.5, 0.6) is 0 Å². The Hall–Kier alpha value is -3.17. The van der Waals surface area contributed by atoms with Gasteiger partial charge in [-0.05, 0) is 62.7 Å². The molecule has 1 aliphatic carbocycles. The number of nitrogens with one attached hydrogen (secondary N) is 3. The second-order valence-electron chi connectivity index (χ2n) is 13.5. The lowest BCUT2D eigenvalue weighted by atomic mass is 9.85. The fraction of sp³-hybridized carbons (Fsp3) is 0.700. The van der Waals surface area contributed by atoms with E-state index in [1.807, 2.05) is 20.8 Å². The Morgan fingerprint density at radius 3 is 2.12 bits per heavy atom. The van der Waals surface area contributed by atoms with Gasteiger partial charge in [0.25, 0.3) is 5.91 Å². The summed E-state index contributed by atoms with van der Waals surface area (Å²) < 4.78 is 5.40. The monoisotopic (exact) mass is 560 g/mol. The summed E-state index contributed by atoms with van der Waals surface area (Å²) >= 11 is 0. The van der Waals surface area contributed by atoms with Crippen LogP contribution < -0.4 is 16.0 Å². The predicted molar refractivity (Wildman–Crippen MR) is 153 cm³/mol. The van der Waals surface area contributed by atoms with Gasteiger partial charge in [-0.3, -0.25) is 19.2 Å². The van der Waals surface area contributed by atoms with Crippen molar-refractivity contribution in [3.63, 3.8) is 0 Å². The van der Waals surface area contributed by atoms with Crippen molar-refractivity contribution in [2.24, 2.45) is 22.7 Å². The standard InChI is InChI=1S/C30H48N4O6/c1-11-13-15-19(22(35)25(37)31-16-14-12-2)32-24(36)21-20-18(30(20,9)10)17-34(21)26(38)23(28(3,4)5)33-27(39)40-29(6,7)8/h11-12,18-21,23H,1-2,13-17H2,3-10H3,(H,31,37)(H,32,36)(H,33,39)/t18?,19-,20?,21+,23-/m1/s1. The Bertz CT molecular complexity index is 1020. The van der Waals surface area contributed by atoms with E-state index in [1.54, 1.807) is 32.9 Å². The van der Waals surface area contributed by atoms with Gasteiger partial charge >= 0.3 is 6.09 Å². The lowest BCUT2D eigenvalue weighted by Gasteiger charge is -2.38. The van der Waals surface area contributed by atoms with Crippen LogP contribution in [0, 0.1) is 22.7 Å². The number of carbonyl (C=O) groups excluding carboxylic acids is 5. The smallest absolute Gasteiger partial charge is 0.408 e. The van der Waals surface area contributed by atoms with Gasteiger partial charge in [0.2, 0.25) is 17.6 Å². The number of hydrogen-bond acceptors (Lipinski definition) is 6. The number of carbonyl (C=O) groups is 5. The third kappa shape index (κ3) is 7.95. The molecule has 0 aromatic rings. The van der Waals surface area contributed by atoms with E-state index < -0.39 is 58.7 Å². The van der Waals surface area contributed by atoms with Crippen molar-refractivity contribution >= 4 is 29.6 Å². The summed E-state index contributed by atoms with van der Waals surface area (Å²) in [5, 5.41) is 8.04. The van der Waals surface area contributed by atoms with Crippen LogP contribution in [0.15, 0.2) is 25.3 Å². The molecule has 0 bridgehead atoms. The molecular weight excluding hydrogens is 512 g/mol. The highest BCUT2D eigenvalue weighted by Gasteiger charge is 2.70. The summed E-state index contributed by atoms with van der Waals surface area (Å²) in [5.74, 6) is -2.43. The maximum absolute atomic E-state index is 14.0. The summed E-state index contributed by atoms with van der Waals surface area (Å²) in [7, 11) is 0. The minimum atomic E-state index is -1.06. The quantitative estimate of drug-likeness (QED) is 0.191. The molecule has 0 spiro atoms. The maximum Gasteiger partial charge on any atom is 0.408 e. The van der Waals surface area contributed by atoms with Crippen LogP contribution in [0.2, 0.25) is 0 Å². The number of ether oxygens (including phenoxy) is 1. The van der Waals surface area contributed by atoms with Crippen molar-refractivity contribution in [3.05, 3.63) is 25.3 Å². The molecule has 1 saturated carbocycles. The molecule has 2 aliphatic rings. The third-order valence-corrected chi connectivity index (χ3v) is 7.68. The molecular formula is C30H48N4O6. The summed E-state index contributed by atoms with van der Waals surface area (Å²) in [5.41, 5.74) is -1.59. The van der Waals surface area contributed by atoms with E-state index >= 15 is 0 Å². The van der Waals surface area contributed by atoms with Crippen molar-refractivity contribution < 1.29 is 28.7 Å². The molecule has 4 amide bonds. The minimum Gasteiger partial charge on any atom is -0.444 e.